The lowest BCUT2D eigenvalue weighted by atomic mass is 10.1. The second kappa shape index (κ2) is 6.06. The fourth-order valence-electron chi connectivity index (χ4n) is 1.83. The van der Waals surface area contributed by atoms with Crippen molar-refractivity contribution in [2.24, 2.45) is 0 Å². The highest BCUT2D eigenvalue weighted by atomic mass is 32.2. The molecule has 2 rings (SSSR count). The topological polar surface area (TPSA) is 80.3 Å². The molecule has 0 aliphatic heterocycles. The van der Waals surface area contributed by atoms with Crippen molar-refractivity contribution in [3.63, 3.8) is 0 Å². The number of methoxy groups -OCH3 is 1. The van der Waals surface area contributed by atoms with E-state index in [2.05, 4.69) is 15.0 Å². The lowest BCUT2D eigenvalue weighted by molar-refractivity contribution is 0.415. The zero-order valence-corrected chi connectivity index (χ0v) is 12.2. The van der Waals surface area contributed by atoms with Gasteiger partial charge in [-0.15, -0.1) is 0 Å². The number of hydrogen-bond acceptors (Lipinski definition) is 5. The van der Waals surface area contributed by atoms with Crippen LogP contribution < -0.4 is 14.8 Å². The molecule has 0 atom stereocenters. The number of sulfonamides is 1. The second-order valence-corrected chi connectivity index (χ2v) is 6.17. The van der Waals surface area contributed by atoms with E-state index in [-0.39, 0.29) is 0 Å². The van der Waals surface area contributed by atoms with Gasteiger partial charge in [0.2, 0.25) is 10.0 Å². The van der Waals surface area contributed by atoms with E-state index in [1.54, 1.807) is 13.3 Å². The summed E-state index contributed by atoms with van der Waals surface area (Å²) in [7, 11) is -1.55. The van der Waals surface area contributed by atoms with Gasteiger partial charge in [0.15, 0.2) is 0 Å². The highest BCUT2D eigenvalue weighted by Gasteiger charge is 2.04. The van der Waals surface area contributed by atoms with E-state index in [1.807, 2.05) is 24.3 Å². The SMILES string of the molecule is COc1ccc2ccnc(NCCNS(C)(=O)=O)c2c1. The van der Waals surface area contributed by atoms with Gasteiger partial charge in [-0.25, -0.2) is 18.1 Å². The number of hydrogen-bond donors (Lipinski definition) is 2. The number of pyridine rings is 1. The van der Waals surface area contributed by atoms with Crippen molar-refractivity contribution in [3.8, 4) is 5.75 Å². The molecular weight excluding hydrogens is 278 g/mol. The number of nitrogens with one attached hydrogen (secondary N) is 2. The van der Waals surface area contributed by atoms with E-state index >= 15 is 0 Å². The van der Waals surface area contributed by atoms with Crippen molar-refractivity contribution in [2.45, 2.75) is 0 Å². The number of aromatic nitrogens is 1. The van der Waals surface area contributed by atoms with Gasteiger partial charge in [0.1, 0.15) is 11.6 Å². The van der Waals surface area contributed by atoms with Crippen LogP contribution >= 0.6 is 0 Å². The second-order valence-electron chi connectivity index (χ2n) is 4.34. The smallest absolute Gasteiger partial charge is 0.208 e. The summed E-state index contributed by atoms with van der Waals surface area (Å²) in [6.07, 6.45) is 2.84. The molecule has 0 radical (unpaired) electrons. The standard InChI is InChI=1S/C13H17N3O3S/c1-19-11-4-3-10-5-6-14-13(12(10)9-11)15-7-8-16-20(2,17)18/h3-6,9,16H,7-8H2,1-2H3,(H,14,15). The van der Waals surface area contributed by atoms with Gasteiger partial charge in [-0.05, 0) is 23.6 Å². The highest BCUT2D eigenvalue weighted by Crippen LogP contribution is 2.25. The molecule has 0 aliphatic carbocycles. The molecule has 2 aromatic rings. The van der Waals surface area contributed by atoms with Crippen molar-refractivity contribution in [2.75, 3.05) is 31.8 Å². The molecule has 7 heteroatoms. The van der Waals surface area contributed by atoms with Gasteiger partial charge in [-0.2, -0.15) is 0 Å². The first-order valence-corrected chi connectivity index (χ1v) is 8.00. The third-order valence-electron chi connectivity index (χ3n) is 2.76. The summed E-state index contributed by atoms with van der Waals surface area (Å²) < 4.78 is 29.6. The number of rotatable bonds is 6. The number of nitrogens with zero attached hydrogens (tertiary/aromatic N) is 1. The molecule has 1 heterocycles. The molecule has 0 saturated heterocycles. The number of anilines is 1. The predicted octanol–water partition coefficient (Wildman–Crippen LogP) is 1.20. The molecule has 6 nitrogen and oxygen atoms in total. The fraction of sp³-hybridized carbons (Fsp3) is 0.308. The Balaban J connectivity index is 2.13. The third kappa shape index (κ3) is 3.82. The molecule has 0 amide bonds. The maximum absolute atomic E-state index is 11.0. The van der Waals surface area contributed by atoms with Crippen LogP contribution in [0.2, 0.25) is 0 Å². The lowest BCUT2D eigenvalue weighted by Gasteiger charge is -2.10. The Morgan fingerprint density at radius 3 is 2.75 bits per heavy atom. The maximum Gasteiger partial charge on any atom is 0.208 e. The third-order valence-corrected chi connectivity index (χ3v) is 3.48. The molecule has 0 aliphatic rings. The average Bonchev–Trinajstić information content (AvgIpc) is 2.42. The van der Waals surface area contributed by atoms with Crippen LogP contribution in [-0.4, -0.2) is 39.9 Å². The van der Waals surface area contributed by atoms with Gasteiger partial charge < -0.3 is 10.1 Å². The Morgan fingerprint density at radius 2 is 2.05 bits per heavy atom. The molecular formula is C13H17N3O3S. The van der Waals surface area contributed by atoms with Crippen LogP contribution in [0.4, 0.5) is 5.82 Å². The number of benzene rings is 1. The molecule has 0 spiro atoms. The largest absolute Gasteiger partial charge is 0.497 e. The molecule has 0 fully saturated rings. The quantitative estimate of drug-likeness (QED) is 0.783. The zero-order chi connectivity index (χ0) is 14.6. The van der Waals surface area contributed by atoms with E-state index in [1.165, 1.54) is 0 Å². The van der Waals surface area contributed by atoms with Crippen LogP contribution in [0, 0.1) is 0 Å². The van der Waals surface area contributed by atoms with E-state index in [0.29, 0.717) is 18.9 Å². The van der Waals surface area contributed by atoms with Crippen LogP contribution in [0.15, 0.2) is 30.5 Å². The normalized spacial score (nSPS) is 11.5. The number of ether oxygens (including phenoxy) is 1. The lowest BCUT2D eigenvalue weighted by Crippen LogP contribution is -2.27. The molecule has 108 valence electrons. The average molecular weight is 295 g/mol. The van der Waals surface area contributed by atoms with Gasteiger partial charge in [0.25, 0.3) is 0 Å². The predicted molar refractivity (Wildman–Crippen MR) is 79.6 cm³/mol. The summed E-state index contributed by atoms with van der Waals surface area (Å²) >= 11 is 0. The fourth-order valence-corrected chi connectivity index (χ4v) is 2.31. The van der Waals surface area contributed by atoms with Gasteiger partial charge in [0, 0.05) is 24.7 Å². The summed E-state index contributed by atoms with van der Waals surface area (Å²) in [5.41, 5.74) is 0. The monoisotopic (exact) mass is 295 g/mol. The molecule has 20 heavy (non-hydrogen) atoms. The van der Waals surface area contributed by atoms with Crippen molar-refractivity contribution in [1.29, 1.82) is 0 Å². The van der Waals surface area contributed by atoms with E-state index in [0.717, 1.165) is 22.8 Å². The summed E-state index contributed by atoms with van der Waals surface area (Å²) in [5, 5.41) is 5.10. The summed E-state index contributed by atoms with van der Waals surface area (Å²) in [5.74, 6) is 1.46. The van der Waals surface area contributed by atoms with Crippen LogP contribution in [0.5, 0.6) is 5.75 Å². The Kier molecular flexibility index (Phi) is 4.41. The van der Waals surface area contributed by atoms with E-state index in [9.17, 15) is 8.42 Å². The van der Waals surface area contributed by atoms with Gasteiger partial charge in [-0.3, -0.25) is 0 Å². The summed E-state index contributed by atoms with van der Waals surface area (Å²) in [6, 6.07) is 7.65. The Bertz CT molecular complexity index is 701. The van der Waals surface area contributed by atoms with Gasteiger partial charge in [-0.1, -0.05) is 6.07 Å². The first-order chi connectivity index (χ1) is 9.49. The summed E-state index contributed by atoms with van der Waals surface area (Å²) in [6.45, 7) is 0.761. The van der Waals surface area contributed by atoms with Crippen LogP contribution in [0.3, 0.4) is 0 Å². The Labute approximate surface area is 118 Å². The minimum atomic E-state index is -3.16. The summed E-state index contributed by atoms with van der Waals surface area (Å²) in [4.78, 5) is 4.27. The highest BCUT2D eigenvalue weighted by molar-refractivity contribution is 7.88. The molecule has 0 unspecified atom stereocenters. The molecule has 1 aromatic carbocycles. The number of fused-ring (bicyclic) bond motifs is 1. The van der Waals surface area contributed by atoms with Gasteiger partial charge >= 0.3 is 0 Å². The first kappa shape index (κ1) is 14.5. The van der Waals surface area contributed by atoms with E-state index < -0.39 is 10.0 Å². The molecule has 0 saturated carbocycles. The van der Waals surface area contributed by atoms with Crippen molar-refractivity contribution >= 4 is 26.6 Å². The Morgan fingerprint density at radius 1 is 1.25 bits per heavy atom. The van der Waals surface area contributed by atoms with Crippen molar-refractivity contribution in [3.05, 3.63) is 30.5 Å². The van der Waals surface area contributed by atoms with Crippen LogP contribution in [0.25, 0.3) is 10.8 Å². The van der Waals surface area contributed by atoms with E-state index in [4.69, 9.17) is 4.74 Å². The minimum Gasteiger partial charge on any atom is -0.497 e. The molecule has 1 aromatic heterocycles. The van der Waals surface area contributed by atoms with Gasteiger partial charge in [0.05, 0.1) is 13.4 Å². The van der Waals surface area contributed by atoms with Crippen molar-refractivity contribution < 1.29 is 13.2 Å². The molecule has 0 bridgehead atoms. The molecule has 2 N–H and O–H groups in total. The maximum atomic E-state index is 11.0. The van der Waals surface area contributed by atoms with Crippen LogP contribution in [0.1, 0.15) is 0 Å². The zero-order valence-electron chi connectivity index (χ0n) is 11.4. The van der Waals surface area contributed by atoms with Crippen molar-refractivity contribution in [1.82, 2.24) is 9.71 Å². The minimum absolute atomic E-state index is 0.306. The Hall–Kier alpha value is -1.86. The first-order valence-electron chi connectivity index (χ1n) is 6.11. The van der Waals surface area contributed by atoms with Crippen LogP contribution in [-0.2, 0) is 10.0 Å².